The molecule has 0 unspecified atom stereocenters. The van der Waals surface area contributed by atoms with Gasteiger partial charge >= 0.3 is 0 Å². The lowest BCUT2D eigenvalue weighted by atomic mass is 9.99. The quantitative estimate of drug-likeness (QED) is 0.775. The van der Waals surface area contributed by atoms with Gasteiger partial charge < -0.3 is 10.2 Å². The summed E-state index contributed by atoms with van der Waals surface area (Å²) >= 11 is 0. The van der Waals surface area contributed by atoms with Gasteiger partial charge in [-0.05, 0) is 32.6 Å². The monoisotopic (exact) mass is 224 g/mol. The van der Waals surface area contributed by atoms with Crippen LogP contribution in [0.5, 0.6) is 0 Å². The fourth-order valence-corrected chi connectivity index (χ4v) is 2.94. The Balaban J connectivity index is 1.84. The standard InChI is InChI=1S/C13H24N2O/c1-13(2)10-15(8-7-14-13)12(16)9-11-5-3-4-6-11/h11,14H,3-10H2,1-2H3. The predicted molar refractivity (Wildman–Crippen MR) is 65.2 cm³/mol. The predicted octanol–water partition coefficient (Wildman–Crippen LogP) is 1.78. The number of carbonyl (C=O) groups is 1. The van der Waals surface area contributed by atoms with Crippen molar-refractivity contribution in [3.63, 3.8) is 0 Å². The number of piperazine rings is 1. The van der Waals surface area contributed by atoms with Gasteiger partial charge in [0.25, 0.3) is 0 Å². The first-order chi connectivity index (χ1) is 7.57. The van der Waals surface area contributed by atoms with Crippen LogP contribution in [-0.4, -0.2) is 36.0 Å². The summed E-state index contributed by atoms with van der Waals surface area (Å²) in [5.41, 5.74) is 0.0869. The molecule has 0 aromatic rings. The maximum atomic E-state index is 12.1. The molecule has 2 rings (SSSR count). The van der Waals surface area contributed by atoms with Crippen LogP contribution in [0.2, 0.25) is 0 Å². The molecular formula is C13H24N2O. The molecule has 0 aromatic carbocycles. The molecule has 1 amide bonds. The highest BCUT2D eigenvalue weighted by Crippen LogP contribution is 2.28. The number of carbonyl (C=O) groups excluding carboxylic acids is 1. The Hall–Kier alpha value is -0.570. The van der Waals surface area contributed by atoms with E-state index in [0.717, 1.165) is 26.1 Å². The summed E-state index contributed by atoms with van der Waals surface area (Å²) in [5.74, 6) is 1.05. The molecule has 3 heteroatoms. The molecule has 1 saturated carbocycles. The number of nitrogens with one attached hydrogen (secondary N) is 1. The molecule has 1 N–H and O–H groups in total. The topological polar surface area (TPSA) is 32.3 Å². The number of hydrogen-bond donors (Lipinski definition) is 1. The Bertz CT molecular complexity index is 257. The highest BCUT2D eigenvalue weighted by molar-refractivity contribution is 5.76. The number of rotatable bonds is 2. The van der Waals surface area contributed by atoms with Crippen molar-refractivity contribution >= 4 is 5.91 Å². The van der Waals surface area contributed by atoms with Crippen molar-refractivity contribution in [1.82, 2.24) is 10.2 Å². The molecule has 3 nitrogen and oxygen atoms in total. The van der Waals surface area contributed by atoms with E-state index >= 15 is 0 Å². The molecule has 0 bridgehead atoms. The van der Waals surface area contributed by atoms with Crippen LogP contribution in [-0.2, 0) is 4.79 Å². The van der Waals surface area contributed by atoms with Crippen LogP contribution in [0.4, 0.5) is 0 Å². The van der Waals surface area contributed by atoms with E-state index in [2.05, 4.69) is 24.1 Å². The molecule has 0 radical (unpaired) electrons. The van der Waals surface area contributed by atoms with Gasteiger partial charge in [-0.2, -0.15) is 0 Å². The van der Waals surface area contributed by atoms with Crippen molar-refractivity contribution in [3.05, 3.63) is 0 Å². The Morgan fingerprint density at radius 1 is 1.38 bits per heavy atom. The third-order valence-electron chi connectivity index (χ3n) is 3.86. The van der Waals surface area contributed by atoms with Crippen LogP contribution in [0.25, 0.3) is 0 Å². The van der Waals surface area contributed by atoms with Gasteiger partial charge in [0.15, 0.2) is 0 Å². The second-order valence-electron chi connectivity index (χ2n) is 5.98. The largest absolute Gasteiger partial charge is 0.340 e. The Morgan fingerprint density at radius 3 is 2.69 bits per heavy atom. The second-order valence-corrected chi connectivity index (χ2v) is 5.98. The van der Waals surface area contributed by atoms with Crippen LogP contribution >= 0.6 is 0 Å². The van der Waals surface area contributed by atoms with Crippen molar-refractivity contribution < 1.29 is 4.79 Å². The van der Waals surface area contributed by atoms with Crippen LogP contribution in [0.3, 0.4) is 0 Å². The maximum absolute atomic E-state index is 12.1. The maximum Gasteiger partial charge on any atom is 0.222 e. The highest BCUT2D eigenvalue weighted by atomic mass is 16.2. The number of hydrogen-bond acceptors (Lipinski definition) is 2. The molecule has 1 heterocycles. The minimum Gasteiger partial charge on any atom is -0.340 e. The summed E-state index contributed by atoms with van der Waals surface area (Å²) in [6, 6.07) is 0. The summed E-state index contributed by atoms with van der Waals surface area (Å²) in [5, 5.41) is 3.44. The lowest BCUT2D eigenvalue weighted by Crippen LogP contribution is -2.58. The zero-order chi connectivity index (χ0) is 11.6. The van der Waals surface area contributed by atoms with E-state index in [1.807, 2.05) is 0 Å². The minimum absolute atomic E-state index is 0.0869. The van der Waals surface area contributed by atoms with E-state index in [-0.39, 0.29) is 5.54 Å². The summed E-state index contributed by atoms with van der Waals surface area (Å²) in [4.78, 5) is 14.2. The van der Waals surface area contributed by atoms with Gasteiger partial charge in [-0.15, -0.1) is 0 Å². The van der Waals surface area contributed by atoms with Crippen LogP contribution in [0.15, 0.2) is 0 Å². The molecule has 2 aliphatic rings. The molecule has 1 aliphatic heterocycles. The SMILES string of the molecule is CC1(C)CN(C(=O)CC2CCCC2)CCN1. The molecule has 2 fully saturated rings. The molecule has 16 heavy (non-hydrogen) atoms. The van der Waals surface area contributed by atoms with E-state index in [0.29, 0.717) is 11.8 Å². The Kier molecular flexibility index (Phi) is 3.53. The third-order valence-corrected chi connectivity index (χ3v) is 3.86. The smallest absolute Gasteiger partial charge is 0.222 e. The van der Waals surface area contributed by atoms with Gasteiger partial charge in [0.2, 0.25) is 5.91 Å². The molecular weight excluding hydrogens is 200 g/mol. The van der Waals surface area contributed by atoms with Gasteiger partial charge in [0.1, 0.15) is 0 Å². The normalized spacial score (nSPS) is 26.0. The zero-order valence-corrected chi connectivity index (χ0v) is 10.6. The van der Waals surface area contributed by atoms with Crippen LogP contribution in [0.1, 0.15) is 46.0 Å². The number of nitrogens with zero attached hydrogens (tertiary/aromatic N) is 1. The lowest BCUT2D eigenvalue weighted by molar-refractivity contribution is -0.134. The van der Waals surface area contributed by atoms with Crippen LogP contribution < -0.4 is 5.32 Å². The third kappa shape index (κ3) is 2.97. The zero-order valence-electron chi connectivity index (χ0n) is 10.6. The lowest BCUT2D eigenvalue weighted by Gasteiger charge is -2.39. The van der Waals surface area contributed by atoms with E-state index in [1.54, 1.807) is 0 Å². The van der Waals surface area contributed by atoms with Gasteiger partial charge in [-0.25, -0.2) is 0 Å². The Labute approximate surface area is 98.6 Å². The van der Waals surface area contributed by atoms with Crippen molar-refractivity contribution in [3.8, 4) is 0 Å². The fraction of sp³-hybridized carbons (Fsp3) is 0.923. The van der Waals surface area contributed by atoms with Gasteiger partial charge in [-0.1, -0.05) is 12.8 Å². The number of amides is 1. The minimum atomic E-state index is 0.0869. The van der Waals surface area contributed by atoms with E-state index in [9.17, 15) is 4.79 Å². The molecule has 1 saturated heterocycles. The summed E-state index contributed by atoms with van der Waals surface area (Å²) in [6.45, 7) is 7.01. The van der Waals surface area contributed by atoms with Crippen molar-refractivity contribution in [2.75, 3.05) is 19.6 Å². The summed E-state index contributed by atoms with van der Waals surface area (Å²) < 4.78 is 0. The van der Waals surface area contributed by atoms with Crippen molar-refractivity contribution in [2.45, 2.75) is 51.5 Å². The van der Waals surface area contributed by atoms with E-state index in [4.69, 9.17) is 0 Å². The fourth-order valence-electron chi connectivity index (χ4n) is 2.94. The van der Waals surface area contributed by atoms with E-state index in [1.165, 1.54) is 25.7 Å². The van der Waals surface area contributed by atoms with Crippen molar-refractivity contribution in [1.29, 1.82) is 0 Å². The van der Waals surface area contributed by atoms with Crippen LogP contribution in [0, 0.1) is 5.92 Å². The molecule has 1 aliphatic carbocycles. The molecule has 92 valence electrons. The van der Waals surface area contributed by atoms with E-state index < -0.39 is 0 Å². The average Bonchev–Trinajstić information content (AvgIpc) is 2.69. The molecule has 0 spiro atoms. The van der Waals surface area contributed by atoms with Gasteiger partial charge in [0, 0.05) is 31.6 Å². The average molecular weight is 224 g/mol. The molecule has 0 aromatic heterocycles. The van der Waals surface area contributed by atoms with Gasteiger partial charge in [-0.3, -0.25) is 4.79 Å². The second kappa shape index (κ2) is 4.74. The van der Waals surface area contributed by atoms with Crippen molar-refractivity contribution in [2.24, 2.45) is 5.92 Å². The first-order valence-electron chi connectivity index (χ1n) is 6.60. The molecule has 0 atom stereocenters. The first kappa shape index (κ1) is 11.9. The highest BCUT2D eigenvalue weighted by Gasteiger charge is 2.29. The summed E-state index contributed by atoms with van der Waals surface area (Å²) in [7, 11) is 0. The van der Waals surface area contributed by atoms with Gasteiger partial charge in [0.05, 0.1) is 0 Å². The first-order valence-corrected chi connectivity index (χ1v) is 6.60. The summed E-state index contributed by atoms with van der Waals surface area (Å²) in [6.07, 6.45) is 5.97. The Morgan fingerprint density at radius 2 is 2.06 bits per heavy atom.